The van der Waals surface area contributed by atoms with Gasteiger partial charge in [-0.25, -0.2) is 4.98 Å². The lowest BCUT2D eigenvalue weighted by Crippen LogP contribution is -2.03. The van der Waals surface area contributed by atoms with E-state index in [-0.39, 0.29) is 0 Å². The van der Waals surface area contributed by atoms with Crippen LogP contribution >= 0.6 is 23.1 Å². The number of aromatic nitrogens is 4. The molecule has 4 heterocycles. The molecule has 0 spiro atoms. The largest absolute Gasteiger partial charge is 0.497 e. The van der Waals surface area contributed by atoms with Crippen LogP contribution in [0.2, 0.25) is 0 Å². The lowest BCUT2D eigenvalue weighted by Gasteiger charge is -2.06. The van der Waals surface area contributed by atoms with Crippen LogP contribution in [0.25, 0.3) is 27.2 Å². The monoisotopic (exact) mass is 436 g/mol. The first kappa shape index (κ1) is 19.1. The molecule has 6 nitrogen and oxygen atoms in total. The Labute approximate surface area is 181 Å². The third kappa shape index (κ3) is 3.26. The highest BCUT2D eigenvalue weighted by atomic mass is 32.2. The first-order valence-electron chi connectivity index (χ1n) is 9.65. The predicted octanol–water partition coefficient (Wildman–Crippen LogP) is 5.77. The molecule has 152 valence electrons. The second-order valence-corrected chi connectivity index (χ2v) is 8.76. The highest BCUT2D eigenvalue weighted by molar-refractivity contribution is 7.98. The summed E-state index contributed by atoms with van der Waals surface area (Å²) >= 11 is 3.38. The molecule has 0 unspecified atom stereocenters. The van der Waals surface area contributed by atoms with Gasteiger partial charge in [-0.1, -0.05) is 18.7 Å². The molecule has 1 aromatic carbocycles. The van der Waals surface area contributed by atoms with Gasteiger partial charge >= 0.3 is 0 Å². The predicted molar refractivity (Wildman–Crippen MR) is 121 cm³/mol. The van der Waals surface area contributed by atoms with Gasteiger partial charge < -0.3 is 9.15 Å². The zero-order chi connectivity index (χ0) is 20.7. The van der Waals surface area contributed by atoms with Gasteiger partial charge in [-0.2, -0.15) is 0 Å². The Morgan fingerprint density at radius 3 is 2.73 bits per heavy atom. The molecule has 0 aliphatic carbocycles. The van der Waals surface area contributed by atoms with E-state index in [1.807, 2.05) is 31.2 Å². The Kier molecular flexibility index (Phi) is 4.96. The van der Waals surface area contributed by atoms with Gasteiger partial charge in [0.15, 0.2) is 0 Å². The van der Waals surface area contributed by atoms with Crippen LogP contribution in [0.5, 0.6) is 5.75 Å². The van der Waals surface area contributed by atoms with E-state index in [4.69, 9.17) is 14.1 Å². The summed E-state index contributed by atoms with van der Waals surface area (Å²) in [6.45, 7) is 4.05. The number of thiophene rings is 1. The average molecular weight is 437 g/mol. The maximum atomic E-state index is 5.92. The van der Waals surface area contributed by atoms with Gasteiger partial charge in [-0.15, -0.1) is 21.5 Å². The summed E-state index contributed by atoms with van der Waals surface area (Å²) in [6.07, 6.45) is 0.835. The van der Waals surface area contributed by atoms with Crippen molar-refractivity contribution in [2.75, 3.05) is 7.11 Å². The number of thioether (sulfide) groups is 1. The van der Waals surface area contributed by atoms with Crippen LogP contribution < -0.4 is 4.74 Å². The molecule has 5 aromatic rings. The van der Waals surface area contributed by atoms with Crippen LogP contribution in [0, 0.1) is 6.92 Å². The van der Waals surface area contributed by atoms with E-state index in [1.54, 1.807) is 30.2 Å². The van der Waals surface area contributed by atoms with E-state index < -0.39 is 0 Å². The van der Waals surface area contributed by atoms with Crippen LogP contribution in [0.1, 0.15) is 24.2 Å². The highest BCUT2D eigenvalue weighted by Crippen LogP contribution is 2.33. The molecule has 0 N–H and O–H groups in total. The minimum absolute atomic E-state index is 0.617. The fourth-order valence-corrected chi connectivity index (χ4v) is 5.19. The van der Waals surface area contributed by atoms with E-state index in [2.05, 4.69) is 39.0 Å². The smallest absolute Gasteiger partial charge is 0.226 e. The van der Waals surface area contributed by atoms with Gasteiger partial charge in [0.2, 0.25) is 5.89 Å². The molecule has 0 fully saturated rings. The van der Waals surface area contributed by atoms with Crippen molar-refractivity contribution in [3.8, 4) is 17.2 Å². The first-order chi connectivity index (χ1) is 14.7. The summed E-state index contributed by atoms with van der Waals surface area (Å²) in [7, 11) is 1.65. The van der Waals surface area contributed by atoms with E-state index in [1.165, 1.54) is 10.2 Å². The first-order valence-corrected chi connectivity index (χ1v) is 11.5. The lowest BCUT2D eigenvalue weighted by atomic mass is 10.2. The van der Waals surface area contributed by atoms with E-state index in [0.29, 0.717) is 11.6 Å². The number of aryl methyl sites for hydroxylation is 2. The summed E-state index contributed by atoms with van der Waals surface area (Å²) in [5.41, 5.74) is 4.14. The molecular formula is C22H20N4O2S2. The number of hydrogen-bond donors (Lipinski definition) is 0. The molecule has 5 rings (SSSR count). The van der Waals surface area contributed by atoms with Crippen molar-refractivity contribution in [1.82, 2.24) is 19.6 Å². The third-order valence-electron chi connectivity index (χ3n) is 5.05. The van der Waals surface area contributed by atoms with Gasteiger partial charge in [0.25, 0.3) is 0 Å². The topological polar surface area (TPSA) is 65.5 Å². The molecule has 0 saturated carbocycles. The van der Waals surface area contributed by atoms with E-state index in [9.17, 15) is 0 Å². The molecule has 0 amide bonds. The van der Waals surface area contributed by atoms with Crippen molar-refractivity contribution in [2.45, 2.75) is 31.0 Å². The SMILES string of the molecule is CCc1nnc(SCc2nc(-c3ccc(OC)cc3)oc2C)c2cc3sccc3n12. The quantitative estimate of drug-likeness (QED) is 0.315. The Morgan fingerprint density at radius 2 is 1.97 bits per heavy atom. The van der Waals surface area contributed by atoms with Gasteiger partial charge in [-0.3, -0.25) is 4.40 Å². The minimum atomic E-state index is 0.617. The Balaban J connectivity index is 1.44. The maximum Gasteiger partial charge on any atom is 0.226 e. The number of ether oxygens (including phenoxy) is 1. The second kappa shape index (κ2) is 7.77. The van der Waals surface area contributed by atoms with Gasteiger partial charge in [0, 0.05) is 17.7 Å². The van der Waals surface area contributed by atoms with Gasteiger partial charge in [0.1, 0.15) is 22.4 Å². The molecule has 30 heavy (non-hydrogen) atoms. The second-order valence-electron chi connectivity index (χ2n) is 6.85. The number of oxazole rings is 1. The number of methoxy groups -OCH3 is 1. The minimum Gasteiger partial charge on any atom is -0.497 e. The molecule has 0 atom stereocenters. The van der Waals surface area contributed by atoms with Crippen molar-refractivity contribution in [3.05, 3.63) is 59.1 Å². The van der Waals surface area contributed by atoms with Crippen LogP contribution in [-0.4, -0.2) is 26.7 Å². The summed E-state index contributed by atoms with van der Waals surface area (Å²) < 4.78 is 14.6. The standard InChI is InChI=1S/C22H20N4O2S2/c1-4-20-24-25-22(18-11-19-17(26(18)20)9-10-29-19)30-12-16-13(2)28-21(23-16)14-5-7-15(27-3)8-6-14/h5-11H,4,12H2,1-3H3. The Morgan fingerprint density at radius 1 is 1.13 bits per heavy atom. The number of fused-ring (bicyclic) bond motifs is 3. The Hall–Kier alpha value is -2.84. The summed E-state index contributed by atoms with van der Waals surface area (Å²) in [6, 6.07) is 12.1. The van der Waals surface area contributed by atoms with Crippen LogP contribution in [-0.2, 0) is 12.2 Å². The lowest BCUT2D eigenvalue weighted by molar-refractivity contribution is 0.415. The third-order valence-corrected chi connectivity index (χ3v) is 6.88. The fourth-order valence-electron chi connectivity index (χ4n) is 3.45. The molecule has 8 heteroatoms. The highest BCUT2D eigenvalue weighted by Gasteiger charge is 2.16. The summed E-state index contributed by atoms with van der Waals surface area (Å²) in [4.78, 5) is 4.72. The van der Waals surface area contributed by atoms with Crippen molar-refractivity contribution >= 4 is 38.8 Å². The number of hydrogen-bond acceptors (Lipinski definition) is 7. The van der Waals surface area contributed by atoms with Crippen LogP contribution in [0.15, 0.2) is 51.2 Å². The fraction of sp³-hybridized carbons (Fsp3) is 0.227. The van der Waals surface area contributed by atoms with Gasteiger partial charge in [-0.05, 0) is 48.7 Å². The Bertz CT molecular complexity index is 1330. The van der Waals surface area contributed by atoms with Crippen molar-refractivity contribution < 1.29 is 9.15 Å². The van der Waals surface area contributed by atoms with Crippen molar-refractivity contribution in [3.63, 3.8) is 0 Å². The summed E-state index contributed by atoms with van der Waals surface area (Å²) in [5, 5.41) is 12.0. The van der Waals surface area contributed by atoms with Gasteiger partial charge in [0.05, 0.1) is 28.5 Å². The molecule has 4 aromatic heterocycles. The van der Waals surface area contributed by atoms with E-state index >= 15 is 0 Å². The number of benzene rings is 1. The molecule has 0 saturated heterocycles. The molecular weight excluding hydrogens is 416 g/mol. The zero-order valence-electron chi connectivity index (χ0n) is 16.9. The normalized spacial score (nSPS) is 11.6. The van der Waals surface area contributed by atoms with Crippen LogP contribution in [0.4, 0.5) is 0 Å². The molecule has 0 aliphatic heterocycles. The molecule has 0 radical (unpaired) electrons. The van der Waals surface area contributed by atoms with Crippen LogP contribution in [0.3, 0.4) is 0 Å². The van der Waals surface area contributed by atoms with Crippen molar-refractivity contribution in [1.29, 1.82) is 0 Å². The molecule has 0 aliphatic rings. The maximum absolute atomic E-state index is 5.92. The number of nitrogens with zero attached hydrogens (tertiary/aromatic N) is 4. The average Bonchev–Trinajstić information content (AvgIpc) is 3.47. The number of rotatable bonds is 6. The zero-order valence-corrected chi connectivity index (χ0v) is 18.5. The molecule has 0 bridgehead atoms. The van der Waals surface area contributed by atoms with Crippen molar-refractivity contribution in [2.24, 2.45) is 0 Å². The summed E-state index contributed by atoms with van der Waals surface area (Å²) in [5.74, 6) is 3.88. The van der Waals surface area contributed by atoms with E-state index in [0.717, 1.165) is 45.6 Å².